The van der Waals surface area contributed by atoms with Gasteiger partial charge in [-0.25, -0.2) is 4.98 Å². The zero-order chi connectivity index (χ0) is 27.4. The maximum Gasteiger partial charge on any atom is 0.311 e. The minimum atomic E-state index is -0.909. The van der Waals surface area contributed by atoms with Crippen molar-refractivity contribution in [2.75, 3.05) is 11.9 Å². The summed E-state index contributed by atoms with van der Waals surface area (Å²) in [7, 11) is 0. The number of benzene rings is 1. The Kier molecular flexibility index (Phi) is 6.20. The van der Waals surface area contributed by atoms with Gasteiger partial charge in [0.15, 0.2) is 23.2 Å². The molecule has 0 amide bonds. The minimum absolute atomic E-state index is 0.0409. The van der Waals surface area contributed by atoms with Gasteiger partial charge < -0.3 is 24.3 Å². The molecule has 14 heteroatoms. The predicted molar refractivity (Wildman–Crippen MR) is 133 cm³/mol. The molecule has 0 unspecified atom stereocenters. The SMILES string of the molecule is CC1(C)O[C@@H]2[C@H](O1)[C@@H](COC(=O)C(C)(C)C)O[C@H]2n1cnc2c(=O)[nH]c(Nc3ccc([N+](=O)[O-])cc3)nc21. The van der Waals surface area contributed by atoms with Gasteiger partial charge in [-0.1, -0.05) is 0 Å². The van der Waals surface area contributed by atoms with Crippen LogP contribution >= 0.6 is 0 Å². The van der Waals surface area contributed by atoms with E-state index in [1.807, 2.05) is 0 Å². The van der Waals surface area contributed by atoms with Crippen LogP contribution in [0.5, 0.6) is 0 Å². The van der Waals surface area contributed by atoms with E-state index >= 15 is 0 Å². The van der Waals surface area contributed by atoms with Crippen LogP contribution in [0.15, 0.2) is 35.4 Å². The Balaban J connectivity index is 1.44. The van der Waals surface area contributed by atoms with E-state index in [0.29, 0.717) is 5.69 Å². The summed E-state index contributed by atoms with van der Waals surface area (Å²) in [5.74, 6) is -1.18. The van der Waals surface area contributed by atoms with Crippen molar-refractivity contribution >= 4 is 34.5 Å². The van der Waals surface area contributed by atoms with Gasteiger partial charge in [0.1, 0.15) is 24.9 Å². The van der Waals surface area contributed by atoms with Gasteiger partial charge in [-0.05, 0) is 46.8 Å². The largest absolute Gasteiger partial charge is 0.462 e. The summed E-state index contributed by atoms with van der Waals surface area (Å²) in [6.45, 7) is 8.80. The summed E-state index contributed by atoms with van der Waals surface area (Å²) in [6.07, 6.45) is -1.10. The lowest BCUT2D eigenvalue weighted by Crippen LogP contribution is -2.35. The Labute approximate surface area is 216 Å². The number of H-pyrrole nitrogens is 1. The van der Waals surface area contributed by atoms with E-state index in [9.17, 15) is 19.7 Å². The highest BCUT2D eigenvalue weighted by molar-refractivity contribution is 5.75. The highest BCUT2D eigenvalue weighted by atomic mass is 16.8. The number of nitrogens with one attached hydrogen (secondary N) is 2. The highest BCUT2D eigenvalue weighted by Gasteiger charge is 2.56. The van der Waals surface area contributed by atoms with Crippen LogP contribution < -0.4 is 10.9 Å². The second-order valence-corrected chi connectivity index (χ2v) is 10.6. The number of anilines is 2. The van der Waals surface area contributed by atoms with Crippen molar-refractivity contribution < 1.29 is 28.7 Å². The third-order valence-electron chi connectivity index (χ3n) is 6.16. The topological polar surface area (TPSA) is 173 Å². The van der Waals surface area contributed by atoms with Crippen LogP contribution in [0.25, 0.3) is 11.2 Å². The van der Waals surface area contributed by atoms with Crippen molar-refractivity contribution in [2.45, 2.75) is 64.9 Å². The lowest BCUT2D eigenvalue weighted by molar-refractivity contribution is -0.384. The van der Waals surface area contributed by atoms with Crippen molar-refractivity contribution in [1.82, 2.24) is 19.5 Å². The van der Waals surface area contributed by atoms with Crippen LogP contribution in [0.3, 0.4) is 0 Å². The maximum absolute atomic E-state index is 12.8. The lowest BCUT2D eigenvalue weighted by atomic mass is 9.97. The molecule has 2 aliphatic rings. The van der Waals surface area contributed by atoms with E-state index in [-0.39, 0.29) is 35.4 Å². The zero-order valence-corrected chi connectivity index (χ0v) is 21.5. The van der Waals surface area contributed by atoms with Crippen LogP contribution in [0.2, 0.25) is 0 Å². The molecular weight excluding hydrogens is 500 g/mol. The lowest BCUT2D eigenvalue weighted by Gasteiger charge is -2.25. The van der Waals surface area contributed by atoms with Gasteiger partial charge in [0.2, 0.25) is 5.95 Å². The van der Waals surface area contributed by atoms with E-state index in [1.165, 1.54) is 30.6 Å². The Morgan fingerprint density at radius 2 is 1.92 bits per heavy atom. The van der Waals surface area contributed by atoms with Gasteiger partial charge in [-0.3, -0.25) is 29.3 Å². The summed E-state index contributed by atoms with van der Waals surface area (Å²) >= 11 is 0. The number of esters is 1. The van der Waals surface area contributed by atoms with Crippen molar-refractivity contribution in [3.8, 4) is 0 Å². The van der Waals surface area contributed by atoms with E-state index in [2.05, 4.69) is 20.3 Å². The molecule has 2 fully saturated rings. The molecule has 4 heterocycles. The van der Waals surface area contributed by atoms with Crippen LogP contribution in [-0.4, -0.2) is 61.1 Å². The number of imidazole rings is 1. The molecule has 0 radical (unpaired) electrons. The number of fused-ring (bicyclic) bond motifs is 2. The number of aromatic nitrogens is 4. The fourth-order valence-corrected chi connectivity index (χ4v) is 4.37. The molecule has 0 aliphatic carbocycles. The number of rotatable bonds is 6. The highest BCUT2D eigenvalue weighted by Crippen LogP contribution is 2.43. The number of hydrogen-bond acceptors (Lipinski definition) is 11. The number of non-ortho nitro benzene ring substituents is 1. The fourth-order valence-electron chi connectivity index (χ4n) is 4.37. The molecule has 3 aromatic rings. The van der Waals surface area contributed by atoms with E-state index in [4.69, 9.17) is 18.9 Å². The number of carbonyl (C=O) groups excluding carboxylic acids is 1. The van der Waals surface area contributed by atoms with Crippen LogP contribution in [0.4, 0.5) is 17.3 Å². The standard InChI is InChI=1S/C24H28N6O8/c1-23(2,3)21(32)35-10-14-16-17(38-24(4,5)37-16)20(36-14)29-11-25-15-18(29)27-22(28-19(15)31)26-12-6-8-13(9-7-12)30(33)34/h6-9,11,14,16-17,20H,10H2,1-5H3,(H2,26,27,28,31)/t14-,16-,17-,20-/m1/s1. The smallest absolute Gasteiger partial charge is 0.311 e. The molecule has 2 aromatic heterocycles. The van der Waals surface area contributed by atoms with Crippen LogP contribution in [-0.2, 0) is 23.7 Å². The average molecular weight is 529 g/mol. The summed E-state index contributed by atoms with van der Waals surface area (Å²) in [5, 5.41) is 13.9. The summed E-state index contributed by atoms with van der Waals surface area (Å²) < 4.78 is 25.5. The summed E-state index contributed by atoms with van der Waals surface area (Å²) in [4.78, 5) is 46.9. The number of aromatic amines is 1. The predicted octanol–water partition coefficient (Wildman–Crippen LogP) is 2.78. The van der Waals surface area contributed by atoms with Gasteiger partial charge in [0.05, 0.1) is 16.7 Å². The molecule has 38 heavy (non-hydrogen) atoms. The summed E-state index contributed by atoms with van der Waals surface area (Å²) in [5.41, 5.74) is -0.447. The second-order valence-electron chi connectivity index (χ2n) is 10.6. The molecule has 0 saturated carbocycles. The number of nitro benzene ring substituents is 1. The number of hydrogen-bond donors (Lipinski definition) is 2. The molecule has 5 rings (SSSR count). The van der Waals surface area contributed by atoms with Crippen molar-refractivity contribution in [1.29, 1.82) is 0 Å². The Morgan fingerprint density at radius 1 is 1.24 bits per heavy atom. The Morgan fingerprint density at radius 3 is 2.58 bits per heavy atom. The van der Waals surface area contributed by atoms with Gasteiger partial charge in [-0.2, -0.15) is 4.98 Å². The fraction of sp³-hybridized carbons (Fsp3) is 0.500. The third kappa shape index (κ3) is 4.85. The first kappa shape index (κ1) is 25.8. The first-order valence-corrected chi connectivity index (χ1v) is 12.0. The normalized spacial score (nSPS) is 24.3. The van der Waals surface area contributed by atoms with E-state index in [1.54, 1.807) is 39.2 Å². The molecule has 4 atom stereocenters. The second kappa shape index (κ2) is 9.15. The molecule has 0 bridgehead atoms. The molecule has 14 nitrogen and oxygen atoms in total. The molecule has 1 aromatic carbocycles. The van der Waals surface area contributed by atoms with Gasteiger partial charge in [0, 0.05) is 17.8 Å². The molecule has 2 aliphatic heterocycles. The Bertz CT molecular complexity index is 1440. The third-order valence-corrected chi connectivity index (χ3v) is 6.16. The molecule has 0 spiro atoms. The number of carbonyl (C=O) groups is 1. The minimum Gasteiger partial charge on any atom is -0.462 e. The number of nitro groups is 1. The van der Waals surface area contributed by atoms with Crippen LogP contribution in [0.1, 0.15) is 40.8 Å². The Hall–Kier alpha value is -3.88. The van der Waals surface area contributed by atoms with Gasteiger partial charge in [0.25, 0.3) is 11.2 Å². The van der Waals surface area contributed by atoms with Gasteiger partial charge >= 0.3 is 5.97 Å². The van der Waals surface area contributed by atoms with Gasteiger partial charge in [-0.15, -0.1) is 0 Å². The van der Waals surface area contributed by atoms with Crippen molar-refractivity contribution in [3.63, 3.8) is 0 Å². The molecular formula is C24H28N6O8. The van der Waals surface area contributed by atoms with Crippen LogP contribution in [0, 0.1) is 15.5 Å². The number of nitrogens with zero attached hydrogens (tertiary/aromatic N) is 4. The van der Waals surface area contributed by atoms with E-state index < -0.39 is 46.2 Å². The molecule has 2 N–H and O–H groups in total. The van der Waals surface area contributed by atoms with Crippen molar-refractivity contribution in [3.05, 3.63) is 51.1 Å². The summed E-state index contributed by atoms with van der Waals surface area (Å²) in [6, 6.07) is 5.67. The molecule has 202 valence electrons. The average Bonchev–Trinajstić information content (AvgIpc) is 3.48. The maximum atomic E-state index is 12.8. The first-order valence-electron chi connectivity index (χ1n) is 12.0. The first-order chi connectivity index (χ1) is 17.8. The molecule has 2 saturated heterocycles. The number of ether oxygens (including phenoxy) is 4. The zero-order valence-electron chi connectivity index (χ0n) is 21.5. The van der Waals surface area contributed by atoms with E-state index in [0.717, 1.165) is 0 Å². The monoisotopic (exact) mass is 528 g/mol. The quantitative estimate of drug-likeness (QED) is 0.274. The van der Waals surface area contributed by atoms with Crippen molar-refractivity contribution in [2.24, 2.45) is 5.41 Å².